The molecule has 1 N–H and O–H groups in total. The Morgan fingerprint density at radius 3 is 2.46 bits per heavy atom. The maximum Gasteiger partial charge on any atom is 0.338 e. The number of nitriles is 1. The van der Waals surface area contributed by atoms with Gasteiger partial charge in [0, 0.05) is 5.69 Å². The first-order valence-electron chi connectivity index (χ1n) is 8.23. The van der Waals surface area contributed by atoms with Crippen molar-refractivity contribution in [1.82, 2.24) is 0 Å². The van der Waals surface area contributed by atoms with Gasteiger partial charge >= 0.3 is 5.97 Å². The molecule has 0 spiro atoms. The number of benzene rings is 2. The van der Waals surface area contributed by atoms with Crippen LogP contribution in [0.3, 0.4) is 0 Å². The van der Waals surface area contributed by atoms with Gasteiger partial charge in [-0.1, -0.05) is 50.1 Å². The lowest BCUT2D eigenvalue weighted by Gasteiger charge is -2.13. The Hall–Kier alpha value is -2.80. The van der Waals surface area contributed by atoms with E-state index in [0.717, 1.165) is 30.5 Å². The highest BCUT2D eigenvalue weighted by molar-refractivity contribution is 5.89. The van der Waals surface area contributed by atoms with E-state index in [1.165, 1.54) is 0 Å². The Balaban J connectivity index is 1.94. The van der Waals surface area contributed by atoms with Crippen LogP contribution in [0, 0.1) is 11.3 Å². The van der Waals surface area contributed by atoms with Gasteiger partial charge in [-0.25, -0.2) is 4.79 Å². The highest BCUT2D eigenvalue weighted by Gasteiger charge is 2.11. The Bertz CT molecular complexity index is 675. The molecule has 2 rings (SSSR count). The van der Waals surface area contributed by atoms with Crippen LogP contribution in [0.5, 0.6) is 0 Å². The number of rotatable bonds is 8. The summed E-state index contributed by atoms with van der Waals surface area (Å²) in [5.41, 5.74) is 2.21. The van der Waals surface area contributed by atoms with Gasteiger partial charge in [-0.2, -0.15) is 5.26 Å². The molecular weight excluding hydrogens is 300 g/mol. The van der Waals surface area contributed by atoms with Gasteiger partial charge in [0.1, 0.15) is 6.04 Å². The lowest BCUT2D eigenvalue weighted by Crippen LogP contribution is -2.09. The summed E-state index contributed by atoms with van der Waals surface area (Å²) in [6, 6.07) is 18.3. The fraction of sp³-hybridized carbons (Fsp3) is 0.300. The average Bonchev–Trinajstić information content (AvgIpc) is 2.64. The van der Waals surface area contributed by atoms with E-state index in [4.69, 9.17) is 4.74 Å². The topological polar surface area (TPSA) is 62.1 Å². The Kier molecular flexibility index (Phi) is 6.85. The Morgan fingerprint density at radius 1 is 1.12 bits per heavy atom. The second-order valence-electron chi connectivity index (χ2n) is 5.54. The molecule has 1 unspecified atom stereocenters. The van der Waals surface area contributed by atoms with E-state index in [0.29, 0.717) is 12.2 Å². The fourth-order valence-corrected chi connectivity index (χ4v) is 2.31. The minimum Gasteiger partial charge on any atom is -0.462 e. The summed E-state index contributed by atoms with van der Waals surface area (Å²) >= 11 is 0. The first-order valence-corrected chi connectivity index (χ1v) is 8.23. The minimum atomic E-state index is -0.432. The highest BCUT2D eigenvalue weighted by atomic mass is 16.5. The van der Waals surface area contributed by atoms with Crippen LogP contribution in [-0.2, 0) is 4.74 Å². The number of esters is 1. The summed E-state index contributed by atoms with van der Waals surface area (Å²) in [4.78, 5) is 11.9. The lowest BCUT2D eigenvalue weighted by atomic mass is 10.1. The molecule has 0 aliphatic carbocycles. The van der Waals surface area contributed by atoms with E-state index in [1.54, 1.807) is 24.3 Å². The Labute approximate surface area is 143 Å². The largest absolute Gasteiger partial charge is 0.462 e. The minimum absolute atomic E-state index is 0.308. The second-order valence-corrected chi connectivity index (χ2v) is 5.54. The standard InChI is InChI=1S/C20H22N2O2/c1-2-3-7-14-24-20(23)17-10-12-18(13-11-17)22-19(15-21)16-8-5-4-6-9-16/h4-6,8-13,19,22H,2-3,7,14H2,1H3. The maximum absolute atomic E-state index is 11.9. The molecule has 0 bridgehead atoms. The van der Waals surface area contributed by atoms with E-state index < -0.39 is 6.04 Å². The molecular formula is C20H22N2O2. The number of nitrogens with zero attached hydrogens (tertiary/aromatic N) is 1. The van der Waals surface area contributed by atoms with E-state index >= 15 is 0 Å². The summed E-state index contributed by atoms with van der Waals surface area (Å²) in [5.74, 6) is -0.308. The molecule has 0 fully saturated rings. The molecule has 0 amide bonds. The van der Waals surface area contributed by atoms with Crippen LogP contribution in [0.4, 0.5) is 5.69 Å². The van der Waals surface area contributed by atoms with Gasteiger partial charge in [0.05, 0.1) is 18.2 Å². The third-order valence-corrected chi connectivity index (χ3v) is 3.67. The zero-order chi connectivity index (χ0) is 17.2. The predicted octanol–water partition coefficient (Wildman–Crippen LogP) is 4.71. The molecule has 0 radical (unpaired) electrons. The normalized spacial score (nSPS) is 11.3. The van der Waals surface area contributed by atoms with Crippen LogP contribution in [0.1, 0.15) is 48.1 Å². The lowest BCUT2D eigenvalue weighted by molar-refractivity contribution is 0.0498. The van der Waals surface area contributed by atoms with Gasteiger partial charge < -0.3 is 10.1 Å². The number of nitrogens with one attached hydrogen (secondary N) is 1. The van der Waals surface area contributed by atoms with Crippen LogP contribution in [0.2, 0.25) is 0 Å². The van der Waals surface area contributed by atoms with Crippen molar-refractivity contribution in [3.8, 4) is 6.07 Å². The SMILES string of the molecule is CCCCCOC(=O)c1ccc(NC(C#N)c2ccccc2)cc1. The van der Waals surface area contributed by atoms with Crippen molar-refractivity contribution in [2.45, 2.75) is 32.2 Å². The predicted molar refractivity (Wildman–Crippen MR) is 94.7 cm³/mol. The molecule has 0 aliphatic heterocycles. The number of carbonyl (C=O) groups excluding carboxylic acids is 1. The van der Waals surface area contributed by atoms with Crippen molar-refractivity contribution in [3.05, 3.63) is 65.7 Å². The fourth-order valence-electron chi connectivity index (χ4n) is 2.31. The molecule has 1 atom stereocenters. The summed E-state index contributed by atoms with van der Waals surface area (Å²) in [7, 11) is 0. The number of anilines is 1. The van der Waals surface area contributed by atoms with E-state index in [-0.39, 0.29) is 5.97 Å². The number of hydrogen-bond donors (Lipinski definition) is 1. The number of unbranched alkanes of at least 4 members (excludes halogenated alkanes) is 2. The zero-order valence-corrected chi connectivity index (χ0v) is 13.9. The molecule has 124 valence electrons. The molecule has 4 nitrogen and oxygen atoms in total. The van der Waals surface area contributed by atoms with Gasteiger partial charge in [-0.05, 0) is 36.2 Å². The smallest absolute Gasteiger partial charge is 0.338 e. The van der Waals surface area contributed by atoms with E-state index in [9.17, 15) is 10.1 Å². The zero-order valence-electron chi connectivity index (χ0n) is 13.9. The number of hydrogen-bond acceptors (Lipinski definition) is 4. The quantitative estimate of drug-likeness (QED) is 0.565. The van der Waals surface area contributed by atoms with Crippen molar-refractivity contribution >= 4 is 11.7 Å². The van der Waals surface area contributed by atoms with Crippen molar-refractivity contribution in [3.63, 3.8) is 0 Å². The van der Waals surface area contributed by atoms with Crippen molar-refractivity contribution in [2.24, 2.45) is 0 Å². The molecule has 2 aromatic rings. The van der Waals surface area contributed by atoms with Crippen LogP contribution in [0.15, 0.2) is 54.6 Å². The van der Waals surface area contributed by atoms with Gasteiger partial charge in [-0.15, -0.1) is 0 Å². The average molecular weight is 322 g/mol. The van der Waals surface area contributed by atoms with Gasteiger partial charge in [-0.3, -0.25) is 0 Å². The molecule has 0 saturated carbocycles. The summed E-state index contributed by atoms with van der Waals surface area (Å²) in [5, 5.41) is 12.5. The van der Waals surface area contributed by atoms with Crippen molar-refractivity contribution in [1.29, 1.82) is 5.26 Å². The van der Waals surface area contributed by atoms with Crippen molar-refractivity contribution < 1.29 is 9.53 Å². The first-order chi connectivity index (χ1) is 11.7. The van der Waals surface area contributed by atoms with Crippen molar-refractivity contribution in [2.75, 3.05) is 11.9 Å². The van der Waals surface area contributed by atoms with Crippen LogP contribution in [0.25, 0.3) is 0 Å². The first kappa shape index (κ1) is 17.6. The molecule has 4 heteroatoms. The highest BCUT2D eigenvalue weighted by Crippen LogP contribution is 2.19. The molecule has 24 heavy (non-hydrogen) atoms. The molecule has 2 aromatic carbocycles. The Morgan fingerprint density at radius 2 is 1.83 bits per heavy atom. The van der Waals surface area contributed by atoms with Crippen LogP contribution in [-0.4, -0.2) is 12.6 Å². The van der Waals surface area contributed by atoms with Crippen LogP contribution >= 0.6 is 0 Å². The summed E-state index contributed by atoms with van der Waals surface area (Å²) < 4.78 is 5.23. The molecule has 0 aliphatic rings. The summed E-state index contributed by atoms with van der Waals surface area (Å²) in [6.07, 6.45) is 3.05. The maximum atomic E-state index is 11.9. The number of carbonyl (C=O) groups is 1. The third kappa shape index (κ3) is 5.13. The third-order valence-electron chi connectivity index (χ3n) is 3.67. The summed E-state index contributed by atoms with van der Waals surface area (Å²) in [6.45, 7) is 2.56. The molecule has 0 heterocycles. The molecule has 0 aromatic heterocycles. The second kappa shape index (κ2) is 9.36. The van der Waals surface area contributed by atoms with Gasteiger partial charge in [0.2, 0.25) is 0 Å². The number of ether oxygens (including phenoxy) is 1. The van der Waals surface area contributed by atoms with E-state index in [1.807, 2.05) is 30.3 Å². The van der Waals surface area contributed by atoms with Gasteiger partial charge in [0.15, 0.2) is 0 Å². The van der Waals surface area contributed by atoms with Crippen LogP contribution < -0.4 is 5.32 Å². The van der Waals surface area contributed by atoms with E-state index in [2.05, 4.69) is 18.3 Å². The molecule has 0 saturated heterocycles. The van der Waals surface area contributed by atoms with Gasteiger partial charge in [0.25, 0.3) is 0 Å². The monoisotopic (exact) mass is 322 g/mol.